The zero-order chi connectivity index (χ0) is 13.9. The number of rotatable bonds is 4. The molecule has 0 bridgehead atoms. The molecular formula is C11H23N3O3S. The topological polar surface area (TPSA) is 69.7 Å². The standard InChI is InChI=1S/C11H23N3O3S/c1-9(11(15)13(2)3)18(16,17)14(4)10-5-7-12-8-6-10/h9-10,12H,5-8H2,1-4H3. The summed E-state index contributed by atoms with van der Waals surface area (Å²) in [6, 6.07) is -0.00587. The number of nitrogens with zero attached hydrogens (tertiary/aromatic N) is 2. The molecule has 0 aromatic carbocycles. The Morgan fingerprint density at radius 3 is 2.17 bits per heavy atom. The summed E-state index contributed by atoms with van der Waals surface area (Å²) in [4.78, 5) is 13.1. The van der Waals surface area contributed by atoms with Crippen LogP contribution in [0, 0.1) is 0 Å². The molecule has 0 saturated carbocycles. The maximum atomic E-state index is 12.3. The second-order valence-corrected chi connectivity index (χ2v) is 7.23. The normalized spacial score (nSPS) is 19.8. The van der Waals surface area contributed by atoms with Crippen LogP contribution < -0.4 is 5.32 Å². The van der Waals surface area contributed by atoms with Gasteiger partial charge in [0, 0.05) is 27.2 Å². The molecule has 0 aromatic heterocycles. The van der Waals surface area contributed by atoms with Gasteiger partial charge in [-0.1, -0.05) is 0 Å². The average Bonchev–Trinajstić information content (AvgIpc) is 2.36. The molecule has 0 aromatic rings. The smallest absolute Gasteiger partial charge is 0.241 e. The van der Waals surface area contributed by atoms with Gasteiger partial charge in [-0.2, -0.15) is 0 Å². The van der Waals surface area contributed by atoms with Gasteiger partial charge in [0.2, 0.25) is 15.9 Å². The molecule has 1 aliphatic heterocycles. The molecule has 1 atom stereocenters. The van der Waals surface area contributed by atoms with E-state index in [0.29, 0.717) is 0 Å². The number of amides is 1. The molecule has 1 rings (SSSR count). The summed E-state index contributed by atoms with van der Waals surface area (Å²) < 4.78 is 26.0. The van der Waals surface area contributed by atoms with E-state index in [-0.39, 0.29) is 11.9 Å². The van der Waals surface area contributed by atoms with Crippen molar-refractivity contribution in [3.63, 3.8) is 0 Å². The molecule has 1 saturated heterocycles. The Morgan fingerprint density at radius 1 is 1.22 bits per heavy atom. The van der Waals surface area contributed by atoms with E-state index in [0.717, 1.165) is 25.9 Å². The van der Waals surface area contributed by atoms with Gasteiger partial charge in [0.05, 0.1) is 0 Å². The largest absolute Gasteiger partial charge is 0.348 e. The van der Waals surface area contributed by atoms with Crippen molar-refractivity contribution in [1.82, 2.24) is 14.5 Å². The highest BCUT2D eigenvalue weighted by Crippen LogP contribution is 2.18. The number of carbonyl (C=O) groups is 1. The molecule has 7 heteroatoms. The molecule has 6 nitrogen and oxygen atoms in total. The lowest BCUT2D eigenvalue weighted by Gasteiger charge is -2.32. The highest BCUT2D eigenvalue weighted by atomic mass is 32.2. The first kappa shape index (κ1) is 15.4. The van der Waals surface area contributed by atoms with Crippen molar-refractivity contribution in [2.24, 2.45) is 0 Å². The van der Waals surface area contributed by atoms with Crippen molar-refractivity contribution in [3.05, 3.63) is 0 Å². The summed E-state index contributed by atoms with van der Waals surface area (Å²) in [5, 5.41) is 2.17. The lowest BCUT2D eigenvalue weighted by Crippen LogP contribution is -2.49. The molecule has 1 unspecified atom stereocenters. The van der Waals surface area contributed by atoms with Crippen LogP contribution in [0.2, 0.25) is 0 Å². The van der Waals surface area contributed by atoms with Gasteiger partial charge in [-0.05, 0) is 32.9 Å². The highest BCUT2D eigenvalue weighted by molar-refractivity contribution is 7.90. The van der Waals surface area contributed by atoms with E-state index in [4.69, 9.17) is 0 Å². The first-order chi connectivity index (χ1) is 8.28. The fraction of sp³-hybridized carbons (Fsp3) is 0.909. The SMILES string of the molecule is CC(C(=O)N(C)C)S(=O)(=O)N(C)C1CCNCC1. The van der Waals surface area contributed by atoms with Crippen LogP contribution in [-0.4, -0.2) is 69.1 Å². The number of hydrogen-bond acceptors (Lipinski definition) is 4. The van der Waals surface area contributed by atoms with Crippen molar-refractivity contribution < 1.29 is 13.2 Å². The molecule has 0 aliphatic carbocycles. The zero-order valence-corrected chi connectivity index (χ0v) is 12.3. The minimum Gasteiger partial charge on any atom is -0.348 e. The van der Waals surface area contributed by atoms with Crippen LogP contribution in [0.5, 0.6) is 0 Å². The average molecular weight is 277 g/mol. The predicted octanol–water partition coefficient (Wildman–Crippen LogP) is -0.523. The molecule has 18 heavy (non-hydrogen) atoms. The van der Waals surface area contributed by atoms with Crippen LogP contribution in [0.15, 0.2) is 0 Å². The van der Waals surface area contributed by atoms with Gasteiger partial charge in [-0.15, -0.1) is 0 Å². The summed E-state index contributed by atoms with van der Waals surface area (Å²) in [5.74, 6) is -0.379. The minimum atomic E-state index is -3.57. The van der Waals surface area contributed by atoms with Gasteiger partial charge >= 0.3 is 0 Å². The Morgan fingerprint density at radius 2 is 1.72 bits per heavy atom. The lowest BCUT2D eigenvalue weighted by molar-refractivity contribution is -0.128. The summed E-state index contributed by atoms with van der Waals surface area (Å²) >= 11 is 0. The number of sulfonamides is 1. The Bertz CT molecular complexity index is 388. The van der Waals surface area contributed by atoms with Crippen LogP contribution in [0.1, 0.15) is 19.8 Å². The van der Waals surface area contributed by atoms with Gasteiger partial charge in [-0.3, -0.25) is 4.79 Å². The van der Waals surface area contributed by atoms with Crippen molar-refractivity contribution in [2.75, 3.05) is 34.2 Å². The van der Waals surface area contributed by atoms with E-state index in [1.165, 1.54) is 16.1 Å². The summed E-state index contributed by atoms with van der Waals surface area (Å²) in [6.45, 7) is 3.09. The van der Waals surface area contributed by atoms with Crippen molar-refractivity contribution in [2.45, 2.75) is 31.1 Å². The Kier molecular flexibility index (Phi) is 5.12. The van der Waals surface area contributed by atoms with Crippen molar-refractivity contribution in [3.8, 4) is 0 Å². The first-order valence-electron chi connectivity index (χ1n) is 6.17. The lowest BCUT2D eigenvalue weighted by atomic mass is 10.1. The van der Waals surface area contributed by atoms with Crippen molar-refractivity contribution in [1.29, 1.82) is 0 Å². The van der Waals surface area contributed by atoms with Gasteiger partial charge in [-0.25, -0.2) is 12.7 Å². The minimum absolute atomic E-state index is 0.00587. The van der Waals surface area contributed by atoms with Gasteiger partial charge in [0.15, 0.2) is 5.25 Å². The Hall–Kier alpha value is -0.660. The van der Waals surface area contributed by atoms with Crippen LogP contribution in [0.25, 0.3) is 0 Å². The number of nitrogens with one attached hydrogen (secondary N) is 1. The number of piperidine rings is 1. The van der Waals surface area contributed by atoms with Crippen LogP contribution in [-0.2, 0) is 14.8 Å². The highest BCUT2D eigenvalue weighted by Gasteiger charge is 2.36. The molecule has 1 amide bonds. The van der Waals surface area contributed by atoms with Gasteiger partial charge in [0.25, 0.3) is 0 Å². The maximum absolute atomic E-state index is 12.3. The molecule has 1 aliphatic rings. The molecule has 1 heterocycles. The predicted molar refractivity (Wildman–Crippen MR) is 70.7 cm³/mol. The molecular weight excluding hydrogens is 254 g/mol. The summed E-state index contributed by atoms with van der Waals surface area (Å²) in [5.41, 5.74) is 0. The fourth-order valence-electron chi connectivity index (χ4n) is 2.12. The number of hydrogen-bond donors (Lipinski definition) is 1. The van der Waals surface area contributed by atoms with E-state index in [9.17, 15) is 13.2 Å². The fourth-order valence-corrected chi connectivity index (χ4v) is 3.71. The van der Waals surface area contributed by atoms with E-state index in [1.54, 1.807) is 21.1 Å². The second kappa shape index (κ2) is 5.99. The van der Waals surface area contributed by atoms with E-state index in [1.807, 2.05) is 0 Å². The van der Waals surface area contributed by atoms with Crippen LogP contribution >= 0.6 is 0 Å². The van der Waals surface area contributed by atoms with Gasteiger partial charge in [0.1, 0.15) is 0 Å². The summed E-state index contributed by atoms with van der Waals surface area (Å²) in [6.07, 6.45) is 1.58. The third-order valence-electron chi connectivity index (χ3n) is 3.46. The molecule has 0 radical (unpaired) electrons. The molecule has 1 fully saturated rings. The Labute approximate surface area is 109 Å². The summed E-state index contributed by atoms with van der Waals surface area (Å²) in [7, 11) is 1.14. The molecule has 1 N–H and O–H groups in total. The quantitative estimate of drug-likeness (QED) is 0.750. The van der Waals surface area contributed by atoms with E-state index in [2.05, 4.69) is 5.32 Å². The maximum Gasteiger partial charge on any atom is 0.241 e. The third kappa shape index (κ3) is 3.21. The second-order valence-electron chi connectivity index (χ2n) is 4.92. The zero-order valence-electron chi connectivity index (χ0n) is 11.5. The number of carbonyl (C=O) groups excluding carboxylic acids is 1. The van der Waals surface area contributed by atoms with E-state index < -0.39 is 15.3 Å². The third-order valence-corrected chi connectivity index (χ3v) is 5.66. The first-order valence-corrected chi connectivity index (χ1v) is 7.67. The monoisotopic (exact) mass is 277 g/mol. The Balaban J connectivity index is 2.81. The van der Waals surface area contributed by atoms with E-state index >= 15 is 0 Å². The van der Waals surface area contributed by atoms with Crippen molar-refractivity contribution >= 4 is 15.9 Å². The molecule has 0 spiro atoms. The molecule has 106 valence electrons. The van der Waals surface area contributed by atoms with Gasteiger partial charge < -0.3 is 10.2 Å². The van der Waals surface area contributed by atoms with Crippen LogP contribution in [0.3, 0.4) is 0 Å². The van der Waals surface area contributed by atoms with Crippen LogP contribution in [0.4, 0.5) is 0 Å².